The van der Waals surface area contributed by atoms with E-state index in [4.69, 9.17) is 4.42 Å². The molecule has 0 amide bonds. The third kappa shape index (κ3) is 3.67. The van der Waals surface area contributed by atoms with E-state index in [0.717, 1.165) is 16.7 Å². The van der Waals surface area contributed by atoms with Crippen LogP contribution in [-0.2, 0) is 0 Å². The first kappa shape index (κ1) is 18.3. The monoisotopic (exact) mass is 378 g/mol. The summed E-state index contributed by atoms with van der Waals surface area (Å²) in [6.07, 6.45) is 1.52. The van der Waals surface area contributed by atoms with Gasteiger partial charge in [0.1, 0.15) is 23.1 Å². The average molecular weight is 378 g/mol. The van der Waals surface area contributed by atoms with Gasteiger partial charge in [-0.1, -0.05) is 72.3 Å². The molecule has 4 heteroatoms. The van der Waals surface area contributed by atoms with Crippen molar-refractivity contribution in [2.24, 2.45) is 4.99 Å². The maximum Gasteiger partial charge on any atom is 0.238 e. The van der Waals surface area contributed by atoms with Gasteiger partial charge in [-0.05, 0) is 24.6 Å². The lowest BCUT2D eigenvalue weighted by Crippen LogP contribution is -1.85. The molecule has 29 heavy (non-hydrogen) atoms. The molecule has 0 bridgehead atoms. The van der Waals surface area contributed by atoms with E-state index in [0.29, 0.717) is 22.5 Å². The van der Waals surface area contributed by atoms with Crippen LogP contribution in [-0.4, -0.2) is 11.3 Å². The zero-order chi connectivity index (χ0) is 20.2. The third-order valence-electron chi connectivity index (χ3n) is 4.60. The Morgan fingerprint density at radius 3 is 2.24 bits per heavy atom. The molecule has 4 aromatic rings. The van der Waals surface area contributed by atoms with Gasteiger partial charge in [-0.15, -0.1) is 0 Å². The number of aryl methyl sites for hydroxylation is 1. The van der Waals surface area contributed by atoms with Gasteiger partial charge in [0.15, 0.2) is 0 Å². The fourth-order valence-electron chi connectivity index (χ4n) is 3.19. The summed E-state index contributed by atoms with van der Waals surface area (Å²) < 4.78 is 6.07. The van der Waals surface area contributed by atoms with E-state index in [2.05, 4.69) is 11.1 Å². The molecule has 0 aliphatic heterocycles. The molecule has 4 nitrogen and oxygen atoms in total. The first-order chi connectivity index (χ1) is 14.2. The van der Waals surface area contributed by atoms with Crippen LogP contribution in [0.1, 0.15) is 16.7 Å². The number of nitrogens with zero attached hydrogens (tertiary/aromatic N) is 2. The SMILES string of the molecule is Cc1ccc(O)c(/C=N/c2oc(-c3ccccc3)c(-c3ccccc3)c2C#N)c1. The third-order valence-corrected chi connectivity index (χ3v) is 4.60. The van der Waals surface area contributed by atoms with Gasteiger partial charge in [0.2, 0.25) is 5.88 Å². The molecular weight excluding hydrogens is 360 g/mol. The summed E-state index contributed by atoms with van der Waals surface area (Å²) in [7, 11) is 0. The van der Waals surface area contributed by atoms with E-state index in [-0.39, 0.29) is 11.6 Å². The smallest absolute Gasteiger partial charge is 0.238 e. The van der Waals surface area contributed by atoms with Crippen LogP contribution in [0.15, 0.2) is 88.3 Å². The van der Waals surface area contributed by atoms with Gasteiger partial charge in [-0.3, -0.25) is 0 Å². The molecule has 1 aromatic heterocycles. The van der Waals surface area contributed by atoms with Crippen molar-refractivity contribution in [3.63, 3.8) is 0 Å². The normalized spacial score (nSPS) is 10.9. The summed E-state index contributed by atoms with van der Waals surface area (Å²) in [5.74, 6) is 0.927. The fourth-order valence-corrected chi connectivity index (χ4v) is 3.19. The summed E-state index contributed by atoms with van der Waals surface area (Å²) >= 11 is 0. The van der Waals surface area contributed by atoms with Crippen LogP contribution in [0.5, 0.6) is 5.75 Å². The molecule has 4 rings (SSSR count). The van der Waals surface area contributed by atoms with E-state index < -0.39 is 0 Å². The van der Waals surface area contributed by atoms with Gasteiger partial charge >= 0.3 is 0 Å². The van der Waals surface area contributed by atoms with E-state index >= 15 is 0 Å². The lowest BCUT2D eigenvalue weighted by molar-refractivity contribution is 0.474. The molecule has 1 heterocycles. The number of aliphatic imine (C=N–C) groups is 1. The van der Waals surface area contributed by atoms with Crippen molar-refractivity contribution in [1.82, 2.24) is 0 Å². The second-order valence-electron chi connectivity index (χ2n) is 6.65. The Bertz CT molecular complexity index is 1220. The standard InChI is InChI=1S/C25H18N2O2/c1-17-12-13-22(28)20(14-17)16-27-25-21(15-26)23(18-8-4-2-5-9-18)24(29-25)19-10-6-3-7-11-19/h2-14,16,28H,1H3/b27-16+. The molecule has 0 fully saturated rings. The van der Waals surface area contributed by atoms with Gasteiger partial charge in [0.05, 0.1) is 0 Å². The highest BCUT2D eigenvalue weighted by molar-refractivity contribution is 5.90. The summed E-state index contributed by atoms with van der Waals surface area (Å²) in [6, 6.07) is 26.8. The molecule has 1 N–H and O–H groups in total. The van der Waals surface area contributed by atoms with E-state index in [1.54, 1.807) is 6.07 Å². The predicted octanol–water partition coefficient (Wildman–Crippen LogP) is 6.25. The number of hydrogen-bond acceptors (Lipinski definition) is 4. The molecule has 0 unspecified atom stereocenters. The van der Waals surface area contributed by atoms with Crippen LogP contribution in [0.3, 0.4) is 0 Å². The quantitative estimate of drug-likeness (QED) is 0.427. The number of rotatable bonds is 4. The van der Waals surface area contributed by atoms with Crippen molar-refractivity contribution >= 4 is 12.1 Å². The van der Waals surface area contributed by atoms with Gasteiger partial charge in [-0.2, -0.15) is 5.26 Å². The minimum atomic E-state index is 0.121. The molecule has 0 saturated heterocycles. The summed E-state index contributed by atoms with van der Waals surface area (Å²) in [4.78, 5) is 4.41. The Morgan fingerprint density at radius 2 is 1.59 bits per heavy atom. The summed E-state index contributed by atoms with van der Waals surface area (Å²) in [6.45, 7) is 1.94. The van der Waals surface area contributed by atoms with Crippen molar-refractivity contribution in [1.29, 1.82) is 5.26 Å². The molecule has 0 atom stereocenters. The second-order valence-corrected chi connectivity index (χ2v) is 6.65. The van der Waals surface area contributed by atoms with Crippen LogP contribution in [0.4, 0.5) is 5.88 Å². The molecule has 140 valence electrons. The number of benzene rings is 3. The van der Waals surface area contributed by atoms with Crippen LogP contribution in [0, 0.1) is 18.3 Å². The second kappa shape index (κ2) is 7.87. The lowest BCUT2D eigenvalue weighted by Gasteiger charge is -2.03. The molecule has 0 spiro atoms. The van der Waals surface area contributed by atoms with Gasteiger partial charge in [0.25, 0.3) is 0 Å². The first-order valence-electron chi connectivity index (χ1n) is 9.19. The molecule has 0 aliphatic rings. The Balaban J connectivity index is 1.90. The van der Waals surface area contributed by atoms with Crippen molar-refractivity contribution in [3.05, 3.63) is 95.6 Å². The van der Waals surface area contributed by atoms with Crippen molar-refractivity contribution < 1.29 is 9.52 Å². The number of furan rings is 1. The maximum atomic E-state index is 10.1. The van der Waals surface area contributed by atoms with Crippen LogP contribution in [0.25, 0.3) is 22.5 Å². The van der Waals surface area contributed by atoms with Crippen LogP contribution >= 0.6 is 0 Å². The van der Waals surface area contributed by atoms with Gasteiger partial charge < -0.3 is 9.52 Å². The number of nitriles is 1. The van der Waals surface area contributed by atoms with E-state index in [9.17, 15) is 10.4 Å². The minimum Gasteiger partial charge on any atom is -0.507 e. The number of hydrogen-bond donors (Lipinski definition) is 1. The van der Waals surface area contributed by atoms with E-state index in [1.807, 2.05) is 79.7 Å². The number of phenolic OH excluding ortho intramolecular Hbond substituents is 1. The number of aromatic hydroxyl groups is 1. The fraction of sp³-hybridized carbons (Fsp3) is 0.0400. The summed E-state index contributed by atoms with van der Waals surface area (Å²) in [5, 5.41) is 20.0. The zero-order valence-corrected chi connectivity index (χ0v) is 15.8. The predicted molar refractivity (Wildman–Crippen MR) is 114 cm³/mol. The summed E-state index contributed by atoms with van der Waals surface area (Å²) in [5.41, 5.74) is 4.37. The first-order valence-corrected chi connectivity index (χ1v) is 9.19. The Morgan fingerprint density at radius 1 is 0.931 bits per heavy atom. The van der Waals surface area contributed by atoms with Gasteiger partial charge in [-0.25, -0.2) is 4.99 Å². The molecule has 3 aromatic carbocycles. The van der Waals surface area contributed by atoms with Gasteiger partial charge in [0, 0.05) is 22.9 Å². The molecule has 0 saturated carbocycles. The molecule has 0 aliphatic carbocycles. The highest BCUT2D eigenvalue weighted by Crippen LogP contribution is 2.42. The average Bonchev–Trinajstić information content (AvgIpc) is 3.14. The molecule has 0 radical (unpaired) electrons. The highest BCUT2D eigenvalue weighted by atomic mass is 16.4. The Kier molecular flexibility index (Phi) is 4.96. The molecular formula is C25H18N2O2. The van der Waals surface area contributed by atoms with Crippen molar-refractivity contribution in [3.8, 4) is 34.3 Å². The Labute approximate surface area is 169 Å². The maximum absolute atomic E-state index is 10.1. The zero-order valence-electron chi connectivity index (χ0n) is 15.8. The van der Waals surface area contributed by atoms with Crippen LogP contribution < -0.4 is 0 Å². The van der Waals surface area contributed by atoms with Crippen molar-refractivity contribution in [2.45, 2.75) is 6.92 Å². The van der Waals surface area contributed by atoms with E-state index in [1.165, 1.54) is 6.21 Å². The van der Waals surface area contributed by atoms with Crippen LogP contribution in [0.2, 0.25) is 0 Å². The topological polar surface area (TPSA) is 69.5 Å². The number of phenols is 1. The Hall–Kier alpha value is -4.10. The lowest BCUT2D eigenvalue weighted by atomic mass is 9.98. The highest BCUT2D eigenvalue weighted by Gasteiger charge is 2.22. The largest absolute Gasteiger partial charge is 0.507 e. The van der Waals surface area contributed by atoms with Crippen molar-refractivity contribution in [2.75, 3.05) is 0 Å². The minimum absolute atomic E-state index is 0.121.